The summed E-state index contributed by atoms with van der Waals surface area (Å²) >= 11 is 0. The van der Waals surface area contributed by atoms with Crippen molar-refractivity contribution in [2.75, 3.05) is 4.90 Å². The molecule has 1 aliphatic rings. The maximum absolute atomic E-state index is 12.2. The van der Waals surface area contributed by atoms with Crippen molar-refractivity contribution in [3.8, 4) is 0 Å². The fraction of sp³-hybridized carbons (Fsp3) is 0. The lowest BCUT2D eigenvalue weighted by Gasteiger charge is -2.07. The number of carboxylic acids is 2. The molecule has 0 bridgehead atoms. The van der Waals surface area contributed by atoms with E-state index in [0.717, 1.165) is 6.07 Å². The summed E-state index contributed by atoms with van der Waals surface area (Å²) in [7, 11) is 0. The first-order valence-corrected chi connectivity index (χ1v) is 5.82. The Hall–Kier alpha value is -3.56. The van der Waals surface area contributed by atoms with Gasteiger partial charge < -0.3 is 10.2 Å². The molecule has 22 heavy (non-hydrogen) atoms. The highest BCUT2D eigenvalue weighted by molar-refractivity contribution is 6.34. The van der Waals surface area contributed by atoms with E-state index in [2.05, 4.69) is 15.2 Å². The van der Waals surface area contributed by atoms with Gasteiger partial charge in [-0.05, 0) is 18.2 Å². The van der Waals surface area contributed by atoms with Gasteiger partial charge in [0.25, 0.3) is 17.8 Å². The van der Waals surface area contributed by atoms with Crippen LogP contribution in [0, 0.1) is 0 Å². The molecule has 1 aromatic carbocycles. The SMILES string of the molecule is O=C(O)c1ccc2c(c1)C(=O)N(c1n[nH]c(C(=O)O)n1)C2=O. The summed E-state index contributed by atoms with van der Waals surface area (Å²) in [6.07, 6.45) is 0. The Morgan fingerprint density at radius 1 is 1.05 bits per heavy atom. The summed E-state index contributed by atoms with van der Waals surface area (Å²) in [5.41, 5.74) is -0.258. The number of nitrogens with zero attached hydrogens (tertiary/aromatic N) is 3. The van der Waals surface area contributed by atoms with Crippen LogP contribution in [0.25, 0.3) is 0 Å². The predicted molar refractivity (Wildman–Crippen MR) is 67.9 cm³/mol. The second-order valence-electron chi connectivity index (χ2n) is 4.30. The van der Waals surface area contributed by atoms with Gasteiger partial charge in [-0.15, -0.1) is 5.10 Å². The molecule has 0 fully saturated rings. The van der Waals surface area contributed by atoms with Crippen LogP contribution in [0.2, 0.25) is 0 Å². The Kier molecular flexibility index (Phi) is 2.73. The minimum absolute atomic E-state index is 0.00308. The number of hydrogen-bond acceptors (Lipinski definition) is 6. The lowest BCUT2D eigenvalue weighted by Crippen LogP contribution is -2.30. The lowest BCUT2D eigenvalue weighted by molar-refractivity contribution is 0.0677. The number of carboxylic acid groups (broad SMARTS) is 2. The van der Waals surface area contributed by atoms with E-state index in [-0.39, 0.29) is 16.7 Å². The van der Waals surface area contributed by atoms with Crippen molar-refractivity contribution in [2.45, 2.75) is 0 Å². The third-order valence-corrected chi connectivity index (χ3v) is 3.01. The monoisotopic (exact) mass is 302 g/mol. The Morgan fingerprint density at radius 2 is 1.73 bits per heavy atom. The average molecular weight is 302 g/mol. The lowest BCUT2D eigenvalue weighted by atomic mass is 10.1. The maximum Gasteiger partial charge on any atom is 0.373 e. The van der Waals surface area contributed by atoms with Gasteiger partial charge in [0.15, 0.2) is 0 Å². The van der Waals surface area contributed by atoms with Crippen LogP contribution in [-0.2, 0) is 0 Å². The number of H-pyrrole nitrogens is 1. The van der Waals surface area contributed by atoms with E-state index >= 15 is 0 Å². The standard InChI is InChI=1S/C12H6N4O6/c17-8-5-2-1-4(10(19)20)3-6(5)9(18)16(8)12-13-7(11(21)22)14-15-12/h1-3H,(H,19,20)(H,21,22)(H,13,14,15). The third-order valence-electron chi connectivity index (χ3n) is 3.01. The molecular weight excluding hydrogens is 296 g/mol. The molecule has 10 nitrogen and oxygen atoms in total. The fourth-order valence-electron chi connectivity index (χ4n) is 2.00. The molecule has 2 aromatic rings. The van der Waals surface area contributed by atoms with Gasteiger partial charge in [0.05, 0.1) is 16.7 Å². The molecule has 0 atom stereocenters. The molecule has 2 amide bonds. The van der Waals surface area contributed by atoms with Crippen molar-refractivity contribution in [3.63, 3.8) is 0 Å². The van der Waals surface area contributed by atoms with Crippen molar-refractivity contribution >= 4 is 29.7 Å². The van der Waals surface area contributed by atoms with Gasteiger partial charge in [-0.3, -0.25) is 14.7 Å². The van der Waals surface area contributed by atoms with Crippen molar-refractivity contribution in [2.24, 2.45) is 0 Å². The van der Waals surface area contributed by atoms with Gasteiger partial charge >= 0.3 is 11.9 Å². The quantitative estimate of drug-likeness (QED) is 0.669. The van der Waals surface area contributed by atoms with Crippen LogP contribution in [0.5, 0.6) is 0 Å². The normalized spacial score (nSPS) is 13.4. The number of carbonyl (C=O) groups excluding carboxylic acids is 2. The van der Waals surface area contributed by atoms with Crippen LogP contribution in [0.4, 0.5) is 5.95 Å². The summed E-state index contributed by atoms with van der Waals surface area (Å²) < 4.78 is 0. The van der Waals surface area contributed by atoms with Crippen molar-refractivity contribution in [1.29, 1.82) is 0 Å². The molecule has 0 unspecified atom stereocenters. The molecule has 2 heterocycles. The van der Waals surface area contributed by atoms with Crippen LogP contribution in [0.15, 0.2) is 18.2 Å². The van der Waals surface area contributed by atoms with Gasteiger partial charge in [-0.1, -0.05) is 0 Å². The van der Waals surface area contributed by atoms with Crippen molar-refractivity contribution in [3.05, 3.63) is 40.7 Å². The zero-order valence-electron chi connectivity index (χ0n) is 10.6. The number of aromatic carboxylic acids is 2. The number of nitrogens with one attached hydrogen (secondary N) is 1. The van der Waals surface area contributed by atoms with Gasteiger partial charge in [0.1, 0.15) is 0 Å². The van der Waals surface area contributed by atoms with Crippen LogP contribution < -0.4 is 4.90 Å². The number of hydrogen-bond donors (Lipinski definition) is 3. The van der Waals surface area contributed by atoms with Crippen molar-refractivity contribution in [1.82, 2.24) is 15.2 Å². The summed E-state index contributed by atoms with van der Waals surface area (Å²) in [5.74, 6) is -5.17. The highest BCUT2D eigenvalue weighted by Crippen LogP contribution is 2.27. The van der Waals surface area contributed by atoms with E-state index < -0.39 is 35.5 Å². The number of imide groups is 1. The number of aromatic nitrogens is 3. The van der Waals surface area contributed by atoms with Gasteiger partial charge in [0, 0.05) is 0 Å². The third kappa shape index (κ3) is 1.82. The van der Waals surface area contributed by atoms with E-state index in [1.807, 2.05) is 0 Å². The highest BCUT2D eigenvalue weighted by atomic mass is 16.4. The second-order valence-corrected chi connectivity index (χ2v) is 4.30. The first-order chi connectivity index (χ1) is 10.4. The van der Waals surface area contributed by atoms with Crippen LogP contribution in [0.3, 0.4) is 0 Å². The van der Waals surface area contributed by atoms with Crippen LogP contribution in [0.1, 0.15) is 41.7 Å². The molecule has 0 radical (unpaired) electrons. The first-order valence-electron chi connectivity index (χ1n) is 5.82. The van der Waals surface area contributed by atoms with E-state index in [1.54, 1.807) is 0 Å². The minimum atomic E-state index is -1.40. The number of carbonyl (C=O) groups is 4. The molecule has 10 heteroatoms. The smallest absolute Gasteiger partial charge is 0.373 e. The maximum atomic E-state index is 12.2. The van der Waals surface area contributed by atoms with Gasteiger partial charge in [0.2, 0.25) is 5.82 Å². The number of amides is 2. The molecule has 3 rings (SSSR count). The Balaban J connectivity index is 2.05. The van der Waals surface area contributed by atoms with Crippen LogP contribution in [-0.4, -0.2) is 49.1 Å². The number of anilines is 1. The zero-order valence-corrected chi connectivity index (χ0v) is 10.6. The fourth-order valence-corrected chi connectivity index (χ4v) is 2.00. The summed E-state index contributed by atoms with van der Waals surface area (Å²) in [6, 6.07) is 3.48. The van der Waals surface area contributed by atoms with Crippen molar-refractivity contribution < 1.29 is 29.4 Å². The van der Waals surface area contributed by atoms with Crippen LogP contribution >= 0.6 is 0 Å². The number of benzene rings is 1. The predicted octanol–water partition coefficient (Wildman–Crippen LogP) is 0.00170. The zero-order chi connectivity index (χ0) is 16.0. The van der Waals surface area contributed by atoms with E-state index in [0.29, 0.717) is 4.90 Å². The first kappa shape index (κ1) is 13.4. The Labute approximate surface area is 121 Å². The molecule has 110 valence electrons. The average Bonchev–Trinajstić information content (AvgIpc) is 3.04. The van der Waals surface area contributed by atoms with E-state index in [9.17, 15) is 19.2 Å². The van der Waals surface area contributed by atoms with E-state index in [4.69, 9.17) is 10.2 Å². The molecule has 0 saturated carbocycles. The molecule has 3 N–H and O–H groups in total. The summed E-state index contributed by atoms with van der Waals surface area (Å²) in [5, 5.41) is 23.3. The molecule has 1 aromatic heterocycles. The molecular formula is C12H6N4O6. The Morgan fingerprint density at radius 3 is 2.32 bits per heavy atom. The Bertz CT molecular complexity index is 855. The molecule has 1 aliphatic heterocycles. The molecule has 0 saturated heterocycles. The minimum Gasteiger partial charge on any atom is -0.478 e. The topological polar surface area (TPSA) is 154 Å². The molecule has 0 spiro atoms. The van der Waals surface area contributed by atoms with Gasteiger partial charge in [-0.2, -0.15) is 4.98 Å². The molecule has 0 aliphatic carbocycles. The number of fused-ring (bicyclic) bond motifs is 1. The second kappa shape index (κ2) is 4.48. The van der Waals surface area contributed by atoms with E-state index in [1.165, 1.54) is 12.1 Å². The largest absolute Gasteiger partial charge is 0.478 e. The highest BCUT2D eigenvalue weighted by Gasteiger charge is 2.39. The number of rotatable bonds is 3. The summed E-state index contributed by atoms with van der Waals surface area (Å²) in [4.78, 5) is 50.2. The number of aromatic amines is 1. The van der Waals surface area contributed by atoms with Gasteiger partial charge in [-0.25, -0.2) is 14.5 Å². The summed E-state index contributed by atoms with van der Waals surface area (Å²) in [6.45, 7) is 0.